The number of rotatable bonds is 5. The van der Waals surface area contributed by atoms with Crippen LogP contribution in [0.1, 0.15) is 48.9 Å². The highest BCUT2D eigenvalue weighted by Crippen LogP contribution is 2.17. The van der Waals surface area contributed by atoms with Gasteiger partial charge in [0.25, 0.3) is 5.91 Å². The molecule has 0 unspecified atom stereocenters. The normalized spacial score (nSPS) is 16.5. The third kappa shape index (κ3) is 5.40. The summed E-state index contributed by atoms with van der Waals surface area (Å²) in [5, 5.41) is 6.31. The summed E-state index contributed by atoms with van der Waals surface area (Å²) in [7, 11) is 0. The Hall–Kier alpha value is -0.940. The minimum atomic E-state index is -0.417. The number of carbonyl (C=O) groups excluding carboxylic acids is 1. The summed E-state index contributed by atoms with van der Waals surface area (Å²) in [5.74, 6) is -0.650. The summed E-state index contributed by atoms with van der Waals surface area (Å²) in [5.41, 5.74) is 0.352. The molecule has 0 atom stereocenters. The lowest BCUT2D eigenvalue weighted by atomic mass is 10.1. The van der Waals surface area contributed by atoms with E-state index in [-0.39, 0.29) is 5.91 Å². The maximum atomic E-state index is 13.4. The van der Waals surface area contributed by atoms with E-state index < -0.39 is 5.82 Å². The molecule has 116 valence electrons. The molecule has 0 heterocycles. The first-order chi connectivity index (χ1) is 10.2. The van der Waals surface area contributed by atoms with Gasteiger partial charge >= 0.3 is 0 Å². The van der Waals surface area contributed by atoms with Crippen LogP contribution in [0.15, 0.2) is 22.7 Å². The van der Waals surface area contributed by atoms with E-state index in [1.165, 1.54) is 44.6 Å². The Bertz CT molecular complexity index is 473. The smallest absolute Gasteiger partial charge is 0.251 e. The standard InChI is InChI=1S/C16H22BrFN2O/c17-14-8-7-12(11-15(14)18)16(21)20-10-9-19-13-5-3-1-2-4-6-13/h7-8,11,13,19H,1-6,9-10H2,(H,20,21). The number of carbonyl (C=O) groups is 1. The highest BCUT2D eigenvalue weighted by Gasteiger charge is 2.11. The van der Waals surface area contributed by atoms with Gasteiger partial charge in [0.1, 0.15) is 5.82 Å². The zero-order valence-electron chi connectivity index (χ0n) is 12.1. The summed E-state index contributed by atoms with van der Waals surface area (Å²) in [6, 6.07) is 4.99. The maximum Gasteiger partial charge on any atom is 0.251 e. The quantitative estimate of drug-likeness (QED) is 0.624. The third-order valence-electron chi connectivity index (χ3n) is 3.88. The van der Waals surface area contributed by atoms with Gasteiger partial charge in [-0.25, -0.2) is 4.39 Å². The molecule has 2 rings (SSSR count). The van der Waals surface area contributed by atoms with Gasteiger partial charge in [0.05, 0.1) is 4.47 Å². The van der Waals surface area contributed by atoms with E-state index in [2.05, 4.69) is 26.6 Å². The molecule has 0 saturated heterocycles. The van der Waals surface area contributed by atoms with Crippen molar-refractivity contribution >= 4 is 21.8 Å². The lowest BCUT2D eigenvalue weighted by Gasteiger charge is -2.16. The van der Waals surface area contributed by atoms with Crippen LogP contribution in [0.3, 0.4) is 0 Å². The lowest BCUT2D eigenvalue weighted by Crippen LogP contribution is -2.36. The monoisotopic (exact) mass is 356 g/mol. The second-order valence-electron chi connectivity index (χ2n) is 5.53. The molecular weight excluding hydrogens is 335 g/mol. The van der Waals surface area contributed by atoms with E-state index in [1.807, 2.05) is 0 Å². The van der Waals surface area contributed by atoms with Crippen molar-refractivity contribution in [3.05, 3.63) is 34.1 Å². The Labute approximate surface area is 133 Å². The molecule has 3 nitrogen and oxygen atoms in total. The van der Waals surface area contributed by atoms with E-state index >= 15 is 0 Å². The average Bonchev–Trinajstić information content (AvgIpc) is 2.75. The van der Waals surface area contributed by atoms with E-state index in [4.69, 9.17) is 0 Å². The molecule has 0 aromatic heterocycles. The fraction of sp³-hybridized carbons (Fsp3) is 0.562. The van der Waals surface area contributed by atoms with E-state index in [0.29, 0.717) is 22.6 Å². The largest absolute Gasteiger partial charge is 0.351 e. The van der Waals surface area contributed by atoms with Crippen LogP contribution in [-0.2, 0) is 0 Å². The molecule has 0 aliphatic heterocycles. The number of hydrogen-bond acceptors (Lipinski definition) is 2. The minimum absolute atomic E-state index is 0.232. The zero-order valence-corrected chi connectivity index (χ0v) is 13.7. The highest BCUT2D eigenvalue weighted by atomic mass is 79.9. The first-order valence-corrected chi connectivity index (χ1v) is 8.43. The van der Waals surface area contributed by atoms with Crippen LogP contribution in [0.2, 0.25) is 0 Å². The molecule has 0 spiro atoms. The van der Waals surface area contributed by atoms with Crippen molar-refractivity contribution in [1.29, 1.82) is 0 Å². The fourth-order valence-electron chi connectivity index (χ4n) is 2.68. The Kier molecular flexibility index (Phi) is 6.64. The first-order valence-electron chi connectivity index (χ1n) is 7.63. The molecule has 1 aromatic carbocycles. The number of hydrogen-bond donors (Lipinski definition) is 2. The van der Waals surface area contributed by atoms with Crippen LogP contribution in [0.5, 0.6) is 0 Å². The van der Waals surface area contributed by atoms with Crippen molar-refractivity contribution < 1.29 is 9.18 Å². The lowest BCUT2D eigenvalue weighted by molar-refractivity contribution is 0.0953. The van der Waals surface area contributed by atoms with Crippen LogP contribution in [0.25, 0.3) is 0 Å². The van der Waals surface area contributed by atoms with E-state index in [9.17, 15) is 9.18 Å². The molecule has 1 aliphatic rings. The number of benzene rings is 1. The van der Waals surface area contributed by atoms with Gasteiger partial charge in [-0.15, -0.1) is 0 Å². The van der Waals surface area contributed by atoms with Gasteiger partial charge in [-0.2, -0.15) is 0 Å². The summed E-state index contributed by atoms with van der Waals surface area (Å²) >= 11 is 3.08. The van der Waals surface area contributed by atoms with Gasteiger partial charge in [-0.3, -0.25) is 4.79 Å². The molecule has 2 N–H and O–H groups in total. The minimum Gasteiger partial charge on any atom is -0.351 e. The number of halogens is 2. The topological polar surface area (TPSA) is 41.1 Å². The Morgan fingerprint density at radius 3 is 2.57 bits per heavy atom. The van der Waals surface area contributed by atoms with Crippen LogP contribution in [0, 0.1) is 5.82 Å². The van der Waals surface area contributed by atoms with Crippen molar-refractivity contribution in [2.24, 2.45) is 0 Å². The summed E-state index contributed by atoms with van der Waals surface area (Å²) in [6.07, 6.45) is 7.72. The predicted octanol–water partition coefficient (Wildman–Crippen LogP) is 3.63. The van der Waals surface area contributed by atoms with Crippen molar-refractivity contribution in [2.45, 2.75) is 44.6 Å². The van der Waals surface area contributed by atoms with Crippen LogP contribution >= 0.6 is 15.9 Å². The van der Waals surface area contributed by atoms with E-state index in [0.717, 1.165) is 6.54 Å². The van der Waals surface area contributed by atoms with Gasteiger partial charge in [0, 0.05) is 24.7 Å². The molecule has 0 radical (unpaired) electrons. The van der Waals surface area contributed by atoms with Crippen molar-refractivity contribution in [3.63, 3.8) is 0 Å². The molecule has 1 aliphatic carbocycles. The fourth-order valence-corrected chi connectivity index (χ4v) is 2.92. The molecule has 5 heteroatoms. The maximum absolute atomic E-state index is 13.4. The second-order valence-corrected chi connectivity index (χ2v) is 6.38. The van der Waals surface area contributed by atoms with Gasteiger partial charge in [0.2, 0.25) is 0 Å². The molecule has 1 aromatic rings. The molecule has 0 bridgehead atoms. The van der Waals surface area contributed by atoms with Gasteiger partial charge in [-0.05, 0) is 47.0 Å². The Morgan fingerprint density at radius 2 is 1.90 bits per heavy atom. The third-order valence-corrected chi connectivity index (χ3v) is 4.52. The summed E-state index contributed by atoms with van der Waals surface area (Å²) in [4.78, 5) is 11.9. The molecule has 1 fully saturated rings. The predicted molar refractivity (Wildman–Crippen MR) is 85.9 cm³/mol. The molecule has 21 heavy (non-hydrogen) atoms. The van der Waals surface area contributed by atoms with Crippen LogP contribution in [0.4, 0.5) is 4.39 Å². The average molecular weight is 357 g/mol. The molecule has 1 amide bonds. The second kappa shape index (κ2) is 8.49. The van der Waals surface area contributed by atoms with Crippen LogP contribution in [-0.4, -0.2) is 25.0 Å². The number of nitrogens with one attached hydrogen (secondary N) is 2. The molecule has 1 saturated carbocycles. The first kappa shape index (κ1) is 16.4. The van der Waals surface area contributed by atoms with Crippen LogP contribution < -0.4 is 10.6 Å². The Balaban J connectivity index is 1.70. The Morgan fingerprint density at radius 1 is 1.19 bits per heavy atom. The molecular formula is C16H22BrFN2O. The summed E-state index contributed by atoms with van der Waals surface area (Å²) < 4.78 is 13.7. The SMILES string of the molecule is O=C(NCCNC1CCCCCC1)c1ccc(Br)c(F)c1. The van der Waals surface area contributed by atoms with E-state index in [1.54, 1.807) is 12.1 Å². The van der Waals surface area contributed by atoms with Crippen molar-refractivity contribution in [2.75, 3.05) is 13.1 Å². The van der Waals surface area contributed by atoms with Gasteiger partial charge in [0.15, 0.2) is 0 Å². The van der Waals surface area contributed by atoms with Crippen molar-refractivity contribution in [3.8, 4) is 0 Å². The zero-order chi connectivity index (χ0) is 15.1. The van der Waals surface area contributed by atoms with Gasteiger partial charge in [-0.1, -0.05) is 25.7 Å². The van der Waals surface area contributed by atoms with Crippen molar-refractivity contribution in [1.82, 2.24) is 10.6 Å². The van der Waals surface area contributed by atoms with Gasteiger partial charge < -0.3 is 10.6 Å². The number of amides is 1. The highest BCUT2D eigenvalue weighted by molar-refractivity contribution is 9.10. The summed E-state index contributed by atoms with van der Waals surface area (Å²) in [6.45, 7) is 1.32.